The first kappa shape index (κ1) is 36.3. The van der Waals surface area contributed by atoms with Crippen molar-refractivity contribution in [2.75, 3.05) is 0 Å². The highest BCUT2D eigenvalue weighted by Crippen LogP contribution is 2.49. The second-order valence-electron chi connectivity index (χ2n) is 12.8. The van der Waals surface area contributed by atoms with E-state index in [-0.39, 0.29) is 24.0 Å². The summed E-state index contributed by atoms with van der Waals surface area (Å²) in [5, 5.41) is 12.3. The second-order valence-corrected chi connectivity index (χ2v) is 12.8. The van der Waals surface area contributed by atoms with Crippen LogP contribution in [0.1, 0.15) is 78.1 Å². The summed E-state index contributed by atoms with van der Waals surface area (Å²) in [4.78, 5) is 79.5. The molecule has 1 aromatic rings. The predicted octanol–water partition coefficient (Wildman–Crippen LogP) is 4.10. The van der Waals surface area contributed by atoms with Crippen LogP contribution in [-0.2, 0) is 42.9 Å². The van der Waals surface area contributed by atoms with E-state index < -0.39 is 88.6 Å². The van der Waals surface area contributed by atoms with Gasteiger partial charge in [0, 0.05) is 37.2 Å². The Morgan fingerprint density at radius 2 is 1.48 bits per heavy atom. The van der Waals surface area contributed by atoms with E-state index in [1.807, 2.05) is 0 Å². The minimum atomic E-state index is -2.24. The molecule has 3 rings (SSSR count). The molecular formula is C35H44O11. The van der Waals surface area contributed by atoms with E-state index in [1.165, 1.54) is 38.1 Å². The molecule has 1 fully saturated rings. The van der Waals surface area contributed by atoms with E-state index in [2.05, 4.69) is 6.58 Å². The number of ether oxygens (including phenoxy) is 4. The monoisotopic (exact) mass is 640 g/mol. The quantitative estimate of drug-likeness (QED) is 0.260. The van der Waals surface area contributed by atoms with Crippen LogP contribution in [0.25, 0.3) is 0 Å². The number of carbonyl (C=O) groups is 6. The van der Waals surface area contributed by atoms with Crippen molar-refractivity contribution < 1.29 is 52.8 Å². The number of fused-ring (bicyclic) bond motifs is 1. The zero-order valence-corrected chi connectivity index (χ0v) is 27.4. The maximum absolute atomic E-state index is 14.1. The van der Waals surface area contributed by atoms with Crippen molar-refractivity contribution in [3.63, 3.8) is 0 Å². The van der Waals surface area contributed by atoms with Crippen LogP contribution in [0.2, 0.25) is 0 Å². The SMILES string of the molecule is C=C1[C@H](OC(C)=O)[C@H]2[C@@H](OC(=O)c3ccccc3)[C@@H](C)C[C@]2(O)C(=O)[C@@H](C)C=CC(C)(C)C(=O)[C@H](OC(C)=O)[C@H]1OC(=O)CCC. The summed E-state index contributed by atoms with van der Waals surface area (Å²) in [5.41, 5.74) is -3.63. The van der Waals surface area contributed by atoms with Gasteiger partial charge < -0.3 is 24.1 Å². The fourth-order valence-electron chi connectivity index (χ4n) is 6.22. The van der Waals surface area contributed by atoms with Crippen LogP contribution in [0.15, 0.2) is 54.6 Å². The summed E-state index contributed by atoms with van der Waals surface area (Å²) in [7, 11) is 0. The zero-order valence-electron chi connectivity index (χ0n) is 27.4. The number of benzene rings is 1. The van der Waals surface area contributed by atoms with E-state index in [1.54, 1.807) is 39.0 Å². The molecule has 46 heavy (non-hydrogen) atoms. The molecule has 0 bridgehead atoms. The van der Waals surface area contributed by atoms with Crippen molar-refractivity contribution in [3.8, 4) is 0 Å². The molecule has 2 aliphatic carbocycles. The summed E-state index contributed by atoms with van der Waals surface area (Å²) in [6, 6.07) is 8.08. The van der Waals surface area contributed by atoms with Crippen LogP contribution in [0.4, 0.5) is 0 Å². The van der Waals surface area contributed by atoms with Gasteiger partial charge in [-0.25, -0.2) is 4.79 Å². The van der Waals surface area contributed by atoms with Gasteiger partial charge in [-0.2, -0.15) is 0 Å². The highest BCUT2D eigenvalue weighted by Gasteiger charge is 2.63. The molecule has 1 saturated carbocycles. The average Bonchev–Trinajstić information content (AvgIpc) is 3.24. The number of allylic oxidation sites excluding steroid dienone is 2. The summed E-state index contributed by atoms with van der Waals surface area (Å²) < 4.78 is 22.9. The Labute approximate surface area is 269 Å². The fraction of sp³-hybridized carbons (Fsp3) is 0.543. The second kappa shape index (κ2) is 14.5. The third kappa shape index (κ3) is 7.81. The van der Waals surface area contributed by atoms with Crippen molar-refractivity contribution in [3.05, 3.63) is 60.2 Å². The van der Waals surface area contributed by atoms with E-state index in [0.29, 0.717) is 6.42 Å². The first-order valence-electron chi connectivity index (χ1n) is 15.4. The molecule has 0 spiro atoms. The molecule has 2 aliphatic rings. The number of esters is 4. The Morgan fingerprint density at radius 3 is 2.04 bits per heavy atom. The minimum absolute atomic E-state index is 0.0655. The van der Waals surface area contributed by atoms with Crippen molar-refractivity contribution in [1.82, 2.24) is 0 Å². The first-order valence-corrected chi connectivity index (χ1v) is 15.4. The number of carbonyl (C=O) groups excluding carboxylic acids is 6. The highest BCUT2D eigenvalue weighted by atomic mass is 16.6. The summed E-state index contributed by atoms with van der Waals surface area (Å²) >= 11 is 0. The molecule has 250 valence electrons. The number of hydrogen-bond donors (Lipinski definition) is 1. The molecule has 0 amide bonds. The van der Waals surface area contributed by atoms with E-state index in [0.717, 1.165) is 13.8 Å². The maximum atomic E-state index is 14.1. The van der Waals surface area contributed by atoms with E-state index >= 15 is 0 Å². The van der Waals surface area contributed by atoms with Crippen LogP contribution < -0.4 is 0 Å². The molecule has 0 radical (unpaired) electrons. The lowest BCUT2D eigenvalue weighted by Crippen LogP contribution is -2.56. The summed E-state index contributed by atoms with van der Waals surface area (Å²) in [5.74, 6) is -7.61. The zero-order chi connectivity index (χ0) is 34.6. The molecule has 0 saturated heterocycles. The lowest BCUT2D eigenvalue weighted by molar-refractivity contribution is -0.175. The predicted molar refractivity (Wildman–Crippen MR) is 165 cm³/mol. The van der Waals surface area contributed by atoms with Gasteiger partial charge in [0.25, 0.3) is 0 Å². The van der Waals surface area contributed by atoms with E-state index in [9.17, 15) is 33.9 Å². The molecule has 11 nitrogen and oxygen atoms in total. The lowest BCUT2D eigenvalue weighted by atomic mass is 9.72. The largest absolute Gasteiger partial charge is 0.458 e. The van der Waals surface area contributed by atoms with Crippen LogP contribution in [-0.4, -0.2) is 70.6 Å². The van der Waals surface area contributed by atoms with Crippen molar-refractivity contribution >= 4 is 35.4 Å². The third-order valence-electron chi connectivity index (χ3n) is 8.52. The van der Waals surface area contributed by atoms with Crippen LogP contribution in [0.5, 0.6) is 0 Å². The molecular weight excluding hydrogens is 596 g/mol. The molecule has 0 aromatic heterocycles. The van der Waals surface area contributed by atoms with Gasteiger partial charge in [-0.05, 0) is 44.7 Å². The van der Waals surface area contributed by atoms with Crippen molar-refractivity contribution in [2.45, 2.75) is 97.7 Å². The Morgan fingerprint density at radius 1 is 0.891 bits per heavy atom. The molecule has 11 heteroatoms. The average molecular weight is 641 g/mol. The van der Waals surface area contributed by atoms with Crippen molar-refractivity contribution in [2.24, 2.45) is 23.2 Å². The standard InChI is InChI=1S/C35H44O11/c1-9-13-25(38)45-29-21(4)28(43-22(5)36)26-27(46-33(41)24-14-11-10-12-15-24)20(3)18-35(26,42)31(39)19(2)16-17-34(7,8)32(40)30(29)44-23(6)37/h10-12,14-17,19-20,26-30,42H,4,9,13,18H2,1-3,5-8H3/t19-,20-,26+,27-,28-,29-,30+,35+/m0/s1. The molecule has 0 aliphatic heterocycles. The molecule has 0 unspecified atom stereocenters. The minimum Gasteiger partial charge on any atom is -0.458 e. The maximum Gasteiger partial charge on any atom is 0.338 e. The Balaban J connectivity index is 2.33. The van der Waals surface area contributed by atoms with Gasteiger partial charge >= 0.3 is 23.9 Å². The Kier molecular flexibility index (Phi) is 11.5. The third-order valence-corrected chi connectivity index (χ3v) is 8.52. The topological polar surface area (TPSA) is 160 Å². The van der Waals surface area contributed by atoms with Gasteiger partial charge in [-0.15, -0.1) is 0 Å². The highest BCUT2D eigenvalue weighted by molar-refractivity contribution is 5.95. The Bertz CT molecular complexity index is 1390. The van der Waals surface area contributed by atoms with Crippen LogP contribution in [0, 0.1) is 23.2 Å². The van der Waals surface area contributed by atoms with Gasteiger partial charge in [-0.3, -0.25) is 24.0 Å². The van der Waals surface area contributed by atoms with Gasteiger partial charge in [-0.1, -0.05) is 57.7 Å². The number of ketones is 2. The first-order chi connectivity index (χ1) is 21.4. The number of hydrogen-bond acceptors (Lipinski definition) is 11. The smallest absolute Gasteiger partial charge is 0.338 e. The van der Waals surface area contributed by atoms with Gasteiger partial charge in [0.05, 0.1) is 11.5 Å². The fourth-order valence-corrected chi connectivity index (χ4v) is 6.22. The molecule has 8 atom stereocenters. The number of rotatable bonds is 7. The van der Waals surface area contributed by atoms with Gasteiger partial charge in [0.2, 0.25) is 6.10 Å². The van der Waals surface area contributed by atoms with Gasteiger partial charge in [0.15, 0.2) is 17.7 Å². The van der Waals surface area contributed by atoms with Crippen LogP contribution >= 0.6 is 0 Å². The number of aliphatic hydroxyl groups is 1. The number of Topliss-reactive ketones (excluding diaryl/α,β-unsaturated/α-hetero) is 2. The molecule has 0 heterocycles. The van der Waals surface area contributed by atoms with E-state index in [4.69, 9.17) is 18.9 Å². The summed E-state index contributed by atoms with van der Waals surface area (Å²) in [6.45, 7) is 14.3. The van der Waals surface area contributed by atoms with Crippen LogP contribution in [0.3, 0.4) is 0 Å². The summed E-state index contributed by atoms with van der Waals surface area (Å²) in [6.07, 6.45) is -3.24. The molecule has 1 N–H and O–H groups in total. The van der Waals surface area contributed by atoms with Gasteiger partial charge in [0.1, 0.15) is 17.8 Å². The van der Waals surface area contributed by atoms with Crippen molar-refractivity contribution in [1.29, 1.82) is 0 Å². The molecule has 1 aromatic carbocycles. The lowest BCUT2D eigenvalue weighted by Gasteiger charge is -2.41. The Hall–Kier alpha value is -4.12. The normalized spacial score (nSPS) is 31.1.